The summed E-state index contributed by atoms with van der Waals surface area (Å²) in [5, 5.41) is 4.15. The molecule has 98 valence electrons. The molecule has 0 radical (unpaired) electrons. The van der Waals surface area contributed by atoms with Crippen molar-refractivity contribution < 1.29 is 4.79 Å². The van der Waals surface area contributed by atoms with Crippen molar-refractivity contribution in [3.63, 3.8) is 0 Å². The van der Waals surface area contributed by atoms with E-state index in [1.54, 1.807) is 0 Å². The third kappa shape index (κ3) is 2.78. The molecule has 1 aliphatic rings. The number of hydrogen-bond acceptors (Lipinski definition) is 3. The second kappa shape index (κ2) is 5.80. The summed E-state index contributed by atoms with van der Waals surface area (Å²) in [6.07, 6.45) is 4.13. The Labute approximate surface area is 106 Å². The van der Waals surface area contributed by atoms with Gasteiger partial charge in [0.05, 0.1) is 0 Å². The predicted octanol–water partition coefficient (Wildman–Crippen LogP) is 1.28. The highest BCUT2D eigenvalue weighted by Gasteiger charge is 2.19. The summed E-state index contributed by atoms with van der Waals surface area (Å²) in [5.41, 5.74) is 0.233. The smallest absolute Gasteiger partial charge is 0.274 e. The Morgan fingerprint density at radius 3 is 2.67 bits per heavy atom. The van der Waals surface area contributed by atoms with Crippen LogP contribution in [0.5, 0.6) is 0 Å². The van der Waals surface area contributed by atoms with Gasteiger partial charge in [-0.15, -0.1) is 0 Å². The normalized spacial score (nSPS) is 15.7. The molecule has 5 heteroatoms. The number of rotatable bonds is 3. The summed E-state index contributed by atoms with van der Waals surface area (Å²) in [6.45, 7) is 4.13. The Bertz CT molecular complexity index is 475. The van der Waals surface area contributed by atoms with Gasteiger partial charge < -0.3 is 4.90 Å². The molecule has 0 bridgehead atoms. The maximum atomic E-state index is 12.2. The maximum Gasteiger partial charge on any atom is 0.274 e. The van der Waals surface area contributed by atoms with E-state index in [4.69, 9.17) is 0 Å². The monoisotopic (exact) mass is 249 g/mol. The highest BCUT2D eigenvalue weighted by Crippen LogP contribution is 2.11. The van der Waals surface area contributed by atoms with E-state index in [-0.39, 0.29) is 11.5 Å². The summed E-state index contributed by atoms with van der Waals surface area (Å²) in [4.78, 5) is 25.6. The lowest BCUT2D eigenvalue weighted by Gasteiger charge is -2.26. The molecule has 0 atom stereocenters. The van der Waals surface area contributed by atoms with Crippen LogP contribution in [0.1, 0.15) is 43.1 Å². The zero-order valence-corrected chi connectivity index (χ0v) is 10.8. The van der Waals surface area contributed by atoms with Gasteiger partial charge in [0.15, 0.2) is 0 Å². The topological polar surface area (TPSA) is 55.2 Å². The first-order valence-electron chi connectivity index (χ1n) is 6.60. The van der Waals surface area contributed by atoms with E-state index in [2.05, 4.69) is 5.10 Å². The SMILES string of the molecule is CCCn1nc(C(=O)N2CCCCC2)ccc1=O. The molecule has 1 aromatic heterocycles. The predicted molar refractivity (Wildman–Crippen MR) is 68.5 cm³/mol. The molecular formula is C13H19N3O2. The van der Waals surface area contributed by atoms with Crippen LogP contribution in [0.2, 0.25) is 0 Å². The summed E-state index contributed by atoms with van der Waals surface area (Å²) in [6, 6.07) is 2.96. The Hall–Kier alpha value is -1.65. The van der Waals surface area contributed by atoms with E-state index >= 15 is 0 Å². The van der Waals surface area contributed by atoms with Gasteiger partial charge in [-0.3, -0.25) is 9.59 Å². The fraction of sp³-hybridized carbons (Fsp3) is 0.615. The highest BCUT2D eigenvalue weighted by atomic mass is 16.2. The minimum atomic E-state index is -0.146. The lowest BCUT2D eigenvalue weighted by atomic mass is 10.1. The van der Waals surface area contributed by atoms with E-state index in [1.807, 2.05) is 11.8 Å². The van der Waals surface area contributed by atoms with Crippen molar-refractivity contribution in [1.82, 2.24) is 14.7 Å². The zero-order chi connectivity index (χ0) is 13.0. The van der Waals surface area contributed by atoms with Crippen LogP contribution in [0.25, 0.3) is 0 Å². The zero-order valence-electron chi connectivity index (χ0n) is 10.8. The number of carbonyl (C=O) groups excluding carboxylic acids is 1. The van der Waals surface area contributed by atoms with Crippen molar-refractivity contribution in [2.45, 2.75) is 39.2 Å². The van der Waals surface area contributed by atoms with Crippen LogP contribution in [0.3, 0.4) is 0 Å². The number of hydrogen-bond donors (Lipinski definition) is 0. The molecular weight excluding hydrogens is 230 g/mol. The fourth-order valence-electron chi connectivity index (χ4n) is 2.19. The largest absolute Gasteiger partial charge is 0.337 e. The number of carbonyl (C=O) groups is 1. The first kappa shape index (κ1) is 12.8. The number of piperidine rings is 1. The molecule has 2 rings (SSSR count). The Kier molecular flexibility index (Phi) is 4.12. The number of aromatic nitrogens is 2. The molecule has 1 amide bonds. The molecule has 0 aliphatic carbocycles. The van der Waals surface area contributed by atoms with Gasteiger partial charge in [0.1, 0.15) is 5.69 Å². The van der Waals surface area contributed by atoms with Crippen molar-refractivity contribution in [3.8, 4) is 0 Å². The Balaban J connectivity index is 2.19. The molecule has 1 fully saturated rings. The number of amides is 1. The highest BCUT2D eigenvalue weighted by molar-refractivity contribution is 5.92. The van der Waals surface area contributed by atoms with Crippen LogP contribution >= 0.6 is 0 Å². The minimum absolute atomic E-state index is 0.0560. The van der Waals surface area contributed by atoms with Crippen LogP contribution in [0.15, 0.2) is 16.9 Å². The molecule has 1 aromatic rings. The molecule has 0 aromatic carbocycles. The quantitative estimate of drug-likeness (QED) is 0.811. The minimum Gasteiger partial charge on any atom is -0.337 e. The van der Waals surface area contributed by atoms with Crippen LogP contribution < -0.4 is 5.56 Å². The molecule has 0 unspecified atom stereocenters. The first-order chi connectivity index (χ1) is 8.72. The lowest BCUT2D eigenvalue weighted by Crippen LogP contribution is -2.37. The fourth-order valence-corrected chi connectivity index (χ4v) is 2.19. The maximum absolute atomic E-state index is 12.2. The molecule has 1 saturated heterocycles. The average Bonchev–Trinajstić information content (AvgIpc) is 2.42. The van der Waals surface area contributed by atoms with Crippen molar-refractivity contribution in [2.24, 2.45) is 0 Å². The molecule has 18 heavy (non-hydrogen) atoms. The second-order valence-electron chi connectivity index (χ2n) is 4.63. The standard InChI is InChI=1S/C13H19N3O2/c1-2-8-16-12(17)7-6-11(14-16)13(18)15-9-4-3-5-10-15/h6-7H,2-5,8-10H2,1H3. The number of aryl methyl sites for hydroxylation is 1. The van der Waals surface area contributed by atoms with E-state index in [0.29, 0.717) is 12.2 Å². The van der Waals surface area contributed by atoms with Crippen molar-refractivity contribution in [3.05, 3.63) is 28.2 Å². The van der Waals surface area contributed by atoms with Crippen LogP contribution in [0.4, 0.5) is 0 Å². The number of nitrogens with zero attached hydrogens (tertiary/aromatic N) is 3. The van der Waals surface area contributed by atoms with Crippen LogP contribution in [-0.2, 0) is 6.54 Å². The van der Waals surface area contributed by atoms with Gasteiger partial charge in [-0.1, -0.05) is 6.92 Å². The average molecular weight is 249 g/mol. The lowest BCUT2D eigenvalue weighted by molar-refractivity contribution is 0.0715. The molecule has 0 spiro atoms. The molecule has 0 saturated carbocycles. The van der Waals surface area contributed by atoms with Gasteiger partial charge in [-0.05, 0) is 31.7 Å². The van der Waals surface area contributed by atoms with Crippen molar-refractivity contribution in [2.75, 3.05) is 13.1 Å². The summed E-state index contributed by atoms with van der Waals surface area (Å²) < 4.78 is 1.37. The Morgan fingerprint density at radius 2 is 2.00 bits per heavy atom. The van der Waals surface area contributed by atoms with Gasteiger partial charge in [0, 0.05) is 25.7 Å². The van der Waals surface area contributed by atoms with Gasteiger partial charge in [-0.25, -0.2) is 4.68 Å². The molecule has 1 aliphatic heterocycles. The first-order valence-corrected chi connectivity index (χ1v) is 6.60. The van der Waals surface area contributed by atoms with E-state index in [0.717, 1.165) is 32.4 Å². The molecule has 2 heterocycles. The van der Waals surface area contributed by atoms with Gasteiger partial charge in [0.25, 0.3) is 11.5 Å². The third-order valence-corrected chi connectivity index (χ3v) is 3.16. The summed E-state index contributed by atoms with van der Waals surface area (Å²) >= 11 is 0. The van der Waals surface area contributed by atoms with Crippen LogP contribution in [0, 0.1) is 0 Å². The molecule has 0 N–H and O–H groups in total. The van der Waals surface area contributed by atoms with E-state index in [1.165, 1.54) is 23.2 Å². The summed E-state index contributed by atoms with van der Waals surface area (Å²) in [7, 11) is 0. The van der Waals surface area contributed by atoms with Crippen molar-refractivity contribution in [1.29, 1.82) is 0 Å². The Morgan fingerprint density at radius 1 is 1.28 bits per heavy atom. The van der Waals surface area contributed by atoms with Gasteiger partial charge >= 0.3 is 0 Å². The number of likely N-dealkylation sites (tertiary alicyclic amines) is 1. The second-order valence-corrected chi connectivity index (χ2v) is 4.63. The van der Waals surface area contributed by atoms with Crippen molar-refractivity contribution >= 4 is 5.91 Å². The van der Waals surface area contributed by atoms with E-state index < -0.39 is 0 Å². The van der Waals surface area contributed by atoms with Crippen LogP contribution in [-0.4, -0.2) is 33.7 Å². The van der Waals surface area contributed by atoms with Gasteiger partial charge in [0.2, 0.25) is 0 Å². The summed E-state index contributed by atoms with van der Waals surface area (Å²) in [5.74, 6) is -0.0560. The van der Waals surface area contributed by atoms with E-state index in [9.17, 15) is 9.59 Å². The van der Waals surface area contributed by atoms with Gasteiger partial charge in [-0.2, -0.15) is 5.10 Å². The third-order valence-electron chi connectivity index (χ3n) is 3.16. The molecule has 5 nitrogen and oxygen atoms in total.